The van der Waals surface area contributed by atoms with Crippen molar-refractivity contribution in [2.75, 3.05) is 6.61 Å². The van der Waals surface area contributed by atoms with E-state index < -0.39 is 0 Å². The van der Waals surface area contributed by atoms with Gasteiger partial charge in [-0.25, -0.2) is 0 Å². The van der Waals surface area contributed by atoms with Crippen LogP contribution in [0.25, 0.3) is 0 Å². The lowest BCUT2D eigenvalue weighted by Gasteiger charge is -2.14. The van der Waals surface area contributed by atoms with E-state index in [0.29, 0.717) is 5.92 Å². The molecule has 1 nitrogen and oxygen atoms in total. The van der Waals surface area contributed by atoms with Crippen LogP contribution in [0, 0.1) is 5.92 Å². The maximum absolute atomic E-state index is 9.51. The van der Waals surface area contributed by atoms with Gasteiger partial charge in [0.05, 0.1) is 0 Å². The first-order valence-electron chi connectivity index (χ1n) is 7.17. The Morgan fingerprint density at radius 3 is 2.25 bits per heavy atom. The summed E-state index contributed by atoms with van der Waals surface area (Å²) >= 11 is 5.88. The molecule has 0 heterocycles. The minimum atomic E-state index is 0.247. The highest BCUT2D eigenvalue weighted by Gasteiger charge is 2.08. The summed E-state index contributed by atoms with van der Waals surface area (Å²) < 4.78 is 0. The van der Waals surface area contributed by atoms with Gasteiger partial charge in [-0.3, -0.25) is 0 Å². The molecule has 1 N–H and O–H groups in total. The van der Waals surface area contributed by atoms with Gasteiger partial charge >= 0.3 is 0 Å². The van der Waals surface area contributed by atoms with Crippen LogP contribution in [0.4, 0.5) is 0 Å². The van der Waals surface area contributed by atoms with Gasteiger partial charge in [-0.15, -0.1) is 0 Å². The normalized spacial score (nSPS) is 12.3. The molecule has 1 atom stereocenters. The minimum Gasteiger partial charge on any atom is -0.396 e. The van der Waals surface area contributed by atoms with Crippen LogP contribution in [0.2, 0.25) is 5.02 Å². The van der Waals surface area contributed by atoms with Crippen molar-refractivity contribution in [2.45, 2.75) is 25.7 Å². The molecule has 2 heteroatoms. The van der Waals surface area contributed by atoms with Crippen molar-refractivity contribution in [1.29, 1.82) is 0 Å². The first-order chi connectivity index (χ1) is 9.78. The molecule has 0 aromatic heterocycles. The fourth-order valence-corrected chi connectivity index (χ4v) is 2.58. The molecule has 106 valence electrons. The van der Waals surface area contributed by atoms with E-state index in [2.05, 4.69) is 24.3 Å². The van der Waals surface area contributed by atoms with Crippen molar-refractivity contribution >= 4 is 11.6 Å². The number of rotatable bonds is 7. The summed E-state index contributed by atoms with van der Waals surface area (Å²) in [6, 6.07) is 18.4. The number of aliphatic hydroxyl groups is 1. The lowest BCUT2D eigenvalue weighted by Crippen LogP contribution is -2.10. The average molecular weight is 289 g/mol. The van der Waals surface area contributed by atoms with E-state index in [9.17, 15) is 5.11 Å². The predicted octanol–water partition coefficient (Wildman–Crippen LogP) is 4.51. The first-order valence-corrected chi connectivity index (χ1v) is 7.55. The summed E-state index contributed by atoms with van der Waals surface area (Å²) in [5, 5.41) is 10.3. The molecule has 0 spiro atoms. The summed E-state index contributed by atoms with van der Waals surface area (Å²) in [5.41, 5.74) is 2.61. The van der Waals surface area contributed by atoms with Crippen LogP contribution in [0.5, 0.6) is 0 Å². The molecular weight excluding hydrogens is 268 g/mol. The standard InChI is InChI=1S/C18H21ClO/c19-18-11-9-16(10-12-18)13-17(14-20)8-4-7-15-5-2-1-3-6-15/h1-3,5-6,9-12,17,20H,4,7-8,13-14H2. The molecular formula is C18H21ClO. The van der Waals surface area contributed by atoms with Crippen LogP contribution in [0.15, 0.2) is 54.6 Å². The fraction of sp³-hybridized carbons (Fsp3) is 0.333. The molecule has 1 unspecified atom stereocenters. The Morgan fingerprint density at radius 2 is 1.60 bits per heavy atom. The Labute approximate surface area is 126 Å². The number of benzene rings is 2. The van der Waals surface area contributed by atoms with Gasteiger partial charge in [-0.1, -0.05) is 54.1 Å². The second-order valence-electron chi connectivity index (χ2n) is 5.26. The monoisotopic (exact) mass is 288 g/mol. The molecule has 0 saturated carbocycles. The highest BCUT2D eigenvalue weighted by Crippen LogP contribution is 2.17. The average Bonchev–Trinajstić information content (AvgIpc) is 2.49. The largest absolute Gasteiger partial charge is 0.396 e. The lowest BCUT2D eigenvalue weighted by molar-refractivity contribution is 0.216. The van der Waals surface area contributed by atoms with Crippen LogP contribution in [-0.4, -0.2) is 11.7 Å². The molecule has 2 rings (SSSR count). The van der Waals surface area contributed by atoms with Crippen molar-refractivity contribution in [2.24, 2.45) is 5.92 Å². The molecule has 0 aliphatic heterocycles. The van der Waals surface area contributed by atoms with Gasteiger partial charge in [-0.05, 0) is 54.9 Å². The first kappa shape index (κ1) is 15.1. The van der Waals surface area contributed by atoms with Gasteiger partial charge in [-0.2, -0.15) is 0 Å². The topological polar surface area (TPSA) is 20.2 Å². The third kappa shape index (κ3) is 4.99. The van der Waals surface area contributed by atoms with Gasteiger partial charge in [0.25, 0.3) is 0 Å². The molecule has 20 heavy (non-hydrogen) atoms. The van der Waals surface area contributed by atoms with Crippen LogP contribution in [0.3, 0.4) is 0 Å². The van der Waals surface area contributed by atoms with E-state index in [-0.39, 0.29) is 6.61 Å². The molecule has 0 fully saturated rings. The predicted molar refractivity (Wildman–Crippen MR) is 85.1 cm³/mol. The molecule has 0 radical (unpaired) electrons. The van der Waals surface area contributed by atoms with Gasteiger partial charge in [0.15, 0.2) is 0 Å². The molecule has 2 aromatic rings. The summed E-state index contributed by atoms with van der Waals surface area (Å²) in [4.78, 5) is 0. The van der Waals surface area contributed by atoms with Gasteiger partial charge < -0.3 is 5.11 Å². The maximum Gasteiger partial charge on any atom is 0.0462 e. The zero-order valence-electron chi connectivity index (χ0n) is 11.6. The van der Waals surface area contributed by atoms with Crippen molar-refractivity contribution in [3.05, 3.63) is 70.7 Å². The Hall–Kier alpha value is -1.31. The number of aryl methyl sites for hydroxylation is 1. The summed E-state index contributed by atoms with van der Waals surface area (Å²) in [6.45, 7) is 0.247. The van der Waals surface area contributed by atoms with Crippen molar-refractivity contribution < 1.29 is 5.11 Å². The molecule has 2 aromatic carbocycles. The molecule has 0 amide bonds. The zero-order chi connectivity index (χ0) is 14.2. The third-order valence-electron chi connectivity index (χ3n) is 3.62. The Balaban J connectivity index is 1.79. The summed E-state index contributed by atoms with van der Waals surface area (Å²) in [7, 11) is 0. The number of hydrogen-bond donors (Lipinski definition) is 1. The van der Waals surface area contributed by atoms with E-state index in [1.54, 1.807) is 0 Å². The van der Waals surface area contributed by atoms with Crippen molar-refractivity contribution in [3.8, 4) is 0 Å². The van der Waals surface area contributed by atoms with Gasteiger partial charge in [0.2, 0.25) is 0 Å². The second-order valence-corrected chi connectivity index (χ2v) is 5.69. The molecule has 0 aliphatic carbocycles. The molecule has 0 saturated heterocycles. The smallest absolute Gasteiger partial charge is 0.0462 e. The second kappa shape index (κ2) is 8.08. The number of halogens is 1. The third-order valence-corrected chi connectivity index (χ3v) is 3.87. The minimum absolute atomic E-state index is 0.247. The van der Waals surface area contributed by atoms with E-state index in [1.165, 1.54) is 11.1 Å². The molecule has 0 bridgehead atoms. The fourth-order valence-electron chi connectivity index (χ4n) is 2.45. The van der Waals surface area contributed by atoms with Crippen molar-refractivity contribution in [3.63, 3.8) is 0 Å². The highest BCUT2D eigenvalue weighted by molar-refractivity contribution is 6.30. The Morgan fingerprint density at radius 1 is 0.900 bits per heavy atom. The van der Waals surface area contributed by atoms with Gasteiger partial charge in [0, 0.05) is 11.6 Å². The SMILES string of the molecule is OCC(CCCc1ccccc1)Cc1ccc(Cl)cc1. The maximum atomic E-state index is 9.51. The van der Waals surface area contributed by atoms with E-state index in [4.69, 9.17) is 11.6 Å². The Kier molecular flexibility index (Phi) is 6.10. The quantitative estimate of drug-likeness (QED) is 0.794. The van der Waals surface area contributed by atoms with Crippen LogP contribution in [0.1, 0.15) is 24.0 Å². The van der Waals surface area contributed by atoms with Gasteiger partial charge in [0.1, 0.15) is 0 Å². The van der Waals surface area contributed by atoms with Crippen LogP contribution < -0.4 is 0 Å². The zero-order valence-corrected chi connectivity index (χ0v) is 12.4. The van der Waals surface area contributed by atoms with E-state index in [0.717, 1.165) is 30.7 Å². The summed E-state index contributed by atoms with van der Waals surface area (Å²) in [6.07, 6.45) is 4.16. The van der Waals surface area contributed by atoms with Crippen molar-refractivity contribution in [1.82, 2.24) is 0 Å². The van der Waals surface area contributed by atoms with Crippen LogP contribution in [-0.2, 0) is 12.8 Å². The molecule has 0 aliphatic rings. The lowest BCUT2D eigenvalue weighted by atomic mass is 9.94. The van der Waals surface area contributed by atoms with Crippen LogP contribution >= 0.6 is 11.6 Å². The summed E-state index contributed by atoms with van der Waals surface area (Å²) in [5.74, 6) is 0.333. The highest BCUT2D eigenvalue weighted by atomic mass is 35.5. The Bertz CT molecular complexity index is 493. The van der Waals surface area contributed by atoms with E-state index >= 15 is 0 Å². The number of aliphatic hydroxyl groups excluding tert-OH is 1. The number of hydrogen-bond acceptors (Lipinski definition) is 1. The van der Waals surface area contributed by atoms with E-state index in [1.807, 2.05) is 30.3 Å².